The lowest BCUT2D eigenvalue weighted by molar-refractivity contribution is -0.143. The Bertz CT molecular complexity index is 1150. The highest BCUT2D eigenvalue weighted by Gasteiger charge is 2.33. The molecular weight excluding hydrogens is 430 g/mol. The summed E-state index contributed by atoms with van der Waals surface area (Å²) in [4.78, 5) is 30.1. The molecule has 2 aromatic carbocycles. The summed E-state index contributed by atoms with van der Waals surface area (Å²) in [5, 5.41) is 10.2. The number of piperidine rings is 1. The monoisotopic (exact) mass is 459 g/mol. The number of methoxy groups -OCH3 is 1. The molecule has 1 atom stereocenters. The summed E-state index contributed by atoms with van der Waals surface area (Å²) in [7, 11) is 1.54. The predicted octanol–water partition coefficient (Wildman–Crippen LogP) is 3.88. The zero-order valence-corrected chi connectivity index (χ0v) is 19.3. The van der Waals surface area contributed by atoms with E-state index in [0.717, 1.165) is 35.6 Å². The summed E-state index contributed by atoms with van der Waals surface area (Å²) in [6.07, 6.45) is 3.03. The summed E-state index contributed by atoms with van der Waals surface area (Å²) in [6, 6.07) is 17.2. The molecule has 1 aromatic heterocycles. The van der Waals surface area contributed by atoms with Gasteiger partial charge in [0.15, 0.2) is 11.9 Å². The highest BCUT2D eigenvalue weighted by Crippen LogP contribution is 2.31. The zero-order valence-electron chi connectivity index (χ0n) is 19.3. The minimum atomic E-state index is -0.672. The van der Waals surface area contributed by atoms with E-state index in [1.54, 1.807) is 4.90 Å². The molecule has 2 aliphatic heterocycles. The second-order valence-electron chi connectivity index (χ2n) is 8.80. The Balaban J connectivity index is 1.24. The van der Waals surface area contributed by atoms with Crippen molar-refractivity contribution in [2.24, 2.45) is 0 Å². The lowest BCUT2D eigenvalue weighted by Crippen LogP contribution is -2.32. The van der Waals surface area contributed by atoms with Gasteiger partial charge in [-0.25, -0.2) is 0 Å². The molecule has 8 heteroatoms. The fourth-order valence-corrected chi connectivity index (χ4v) is 4.73. The average molecular weight is 460 g/mol. The average Bonchev–Trinajstić information content (AvgIpc) is 3.48. The fourth-order valence-electron chi connectivity index (χ4n) is 4.73. The molecule has 1 unspecified atom stereocenters. The first-order chi connectivity index (χ1) is 16.6. The largest absolute Gasteiger partial charge is 0.372 e. The van der Waals surface area contributed by atoms with Crippen LogP contribution in [0.25, 0.3) is 0 Å². The predicted molar refractivity (Wildman–Crippen MR) is 129 cm³/mol. The van der Waals surface area contributed by atoms with Crippen molar-refractivity contribution < 1.29 is 14.3 Å². The number of aromatic nitrogens is 2. The summed E-state index contributed by atoms with van der Waals surface area (Å²) < 4.78 is 5.50. The number of carbonyl (C=O) groups excluding carboxylic acids is 2. The number of anilines is 2. The van der Waals surface area contributed by atoms with Crippen molar-refractivity contribution in [3.05, 3.63) is 77.0 Å². The lowest BCUT2D eigenvalue weighted by Gasteiger charge is -2.28. The molecule has 2 aliphatic rings. The zero-order chi connectivity index (χ0) is 23.5. The van der Waals surface area contributed by atoms with E-state index in [4.69, 9.17) is 4.74 Å². The normalized spacial score (nSPS) is 16.3. The lowest BCUT2D eigenvalue weighted by atomic mass is 10.1. The van der Waals surface area contributed by atoms with Gasteiger partial charge in [0.1, 0.15) is 0 Å². The number of benzene rings is 2. The fraction of sp³-hybridized carbons (Fsp3) is 0.346. The molecule has 0 aliphatic carbocycles. The Morgan fingerprint density at radius 3 is 2.44 bits per heavy atom. The molecule has 176 valence electrons. The Morgan fingerprint density at radius 1 is 1.00 bits per heavy atom. The molecule has 2 amide bonds. The molecule has 0 saturated carbocycles. The first-order valence-corrected chi connectivity index (χ1v) is 11.7. The van der Waals surface area contributed by atoms with Crippen LogP contribution in [0.3, 0.4) is 0 Å². The van der Waals surface area contributed by atoms with Crippen molar-refractivity contribution in [1.29, 1.82) is 0 Å². The van der Waals surface area contributed by atoms with Gasteiger partial charge in [-0.1, -0.05) is 30.3 Å². The number of aromatic amines is 1. The van der Waals surface area contributed by atoms with Gasteiger partial charge in [0.05, 0.1) is 18.8 Å². The number of fused-ring (bicyclic) bond motifs is 1. The van der Waals surface area contributed by atoms with E-state index in [2.05, 4.69) is 20.4 Å². The van der Waals surface area contributed by atoms with E-state index in [0.29, 0.717) is 24.5 Å². The first kappa shape index (κ1) is 22.2. The summed E-state index contributed by atoms with van der Waals surface area (Å²) in [6.45, 7) is 2.89. The van der Waals surface area contributed by atoms with Gasteiger partial charge in [-0.3, -0.25) is 14.7 Å². The van der Waals surface area contributed by atoms with Crippen LogP contribution in [0.4, 0.5) is 11.5 Å². The van der Waals surface area contributed by atoms with Crippen LogP contribution in [-0.4, -0.2) is 47.1 Å². The molecule has 2 N–H and O–H groups in total. The minimum Gasteiger partial charge on any atom is -0.372 e. The van der Waals surface area contributed by atoms with Gasteiger partial charge < -0.3 is 19.9 Å². The number of rotatable bonds is 6. The topological polar surface area (TPSA) is 90.6 Å². The molecule has 8 nitrogen and oxygen atoms in total. The highest BCUT2D eigenvalue weighted by molar-refractivity contribution is 6.04. The van der Waals surface area contributed by atoms with E-state index in [1.165, 1.54) is 26.4 Å². The summed E-state index contributed by atoms with van der Waals surface area (Å²) in [5.41, 5.74) is 4.19. The molecule has 0 bridgehead atoms. The number of nitrogens with zero attached hydrogens (tertiary/aromatic N) is 3. The van der Waals surface area contributed by atoms with E-state index in [-0.39, 0.29) is 11.8 Å². The van der Waals surface area contributed by atoms with Crippen molar-refractivity contribution in [2.45, 2.75) is 38.5 Å². The summed E-state index contributed by atoms with van der Waals surface area (Å²) in [5.74, 6) is 0.122. The van der Waals surface area contributed by atoms with E-state index in [9.17, 15) is 9.59 Å². The maximum Gasteiger partial charge on any atom is 0.256 e. The Morgan fingerprint density at radius 2 is 1.74 bits per heavy atom. The van der Waals surface area contributed by atoms with Gasteiger partial charge >= 0.3 is 0 Å². The van der Waals surface area contributed by atoms with Crippen molar-refractivity contribution >= 4 is 23.3 Å². The molecule has 1 fully saturated rings. The Labute approximate surface area is 198 Å². The number of nitrogens with one attached hydrogen (secondary N) is 2. The van der Waals surface area contributed by atoms with Crippen LogP contribution in [0.1, 0.15) is 52.5 Å². The van der Waals surface area contributed by atoms with E-state index in [1.807, 2.05) is 54.6 Å². The Hall–Kier alpha value is -3.65. The van der Waals surface area contributed by atoms with Gasteiger partial charge in [-0.2, -0.15) is 5.10 Å². The molecule has 3 aromatic rings. The quantitative estimate of drug-likeness (QED) is 0.584. The maximum atomic E-state index is 13.1. The minimum absolute atomic E-state index is 0.121. The van der Waals surface area contributed by atoms with Crippen molar-refractivity contribution in [3.63, 3.8) is 0 Å². The number of ether oxygens (including phenoxy) is 1. The van der Waals surface area contributed by atoms with Crippen LogP contribution in [0, 0.1) is 0 Å². The third kappa shape index (κ3) is 4.41. The SMILES string of the molecule is COC(C(=O)N1Cc2[nH]nc(NC(=O)c3ccc(N4CCCCC4)cc3)c2C1)c1ccccc1. The number of amides is 2. The molecular formula is C26H29N5O3. The van der Waals surface area contributed by atoms with Crippen LogP contribution < -0.4 is 10.2 Å². The number of hydrogen-bond donors (Lipinski definition) is 2. The van der Waals surface area contributed by atoms with Crippen molar-refractivity contribution in [2.75, 3.05) is 30.4 Å². The van der Waals surface area contributed by atoms with Crippen molar-refractivity contribution in [3.8, 4) is 0 Å². The third-order valence-corrected chi connectivity index (χ3v) is 6.61. The van der Waals surface area contributed by atoms with E-state index >= 15 is 0 Å². The smallest absolute Gasteiger partial charge is 0.256 e. The van der Waals surface area contributed by atoms with Gasteiger partial charge in [-0.15, -0.1) is 0 Å². The van der Waals surface area contributed by atoms with Gasteiger partial charge in [-0.05, 0) is 49.1 Å². The second-order valence-corrected chi connectivity index (χ2v) is 8.80. The van der Waals surface area contributed by atoms with E-state index < -0.39 is 6.10 Å². The first-order valence-electron chi connectivity index (χ1n) is 11.7. The second kappa shape index (κ2) is 9.69. The van der Waals surface area contributed by atoms with Crippen LogP contribution in [0.15, 0.2) is 54.6 Å². The standard InChI is InChI=1S/C26H29N5O3/c1-34-23(18-8-4-2-5-9-18)26(33)31-16-21-22(17-31)28-29-24(21)27-25(32)19-10-12-20(13-11-19)30-14-6-3-7-15-30/h2,4-5,8-13,23H,3,6-7,14-17H2,1H3,(H2,27,28,29,32). The van der Waals surface area contributed by atoms with Crippen molar-refractivity contribution in [1.82, 2.24) is 15.1 Å². The Kier molecular flexibility index (Phi) is 6.31. The summed E-state index contributed by atoms with van der Waals surface area (Å²) >= 11 is 0. The third-order valence-electron chi connectivity index (χ3n) is 6.61. The maximum absolute atomic E-state index is 13.1. The highest BCUT2D eigenvalue weighted by atomic mass is 16.5. The van der Waals surface area contributed by atoms with Crippen LogP contribution in [-0.2, 0) is 22.6 Å². The van der Waals surface area contributed by atoms with Crippen LogP contribution in [0.2, 0.25) is 0 Å². The van der Waals surface area contributed by atoms with Crippen LogP contribution >= 0.6 is 0 Å². The number of carbonyl (C=O) groups is 2. The van der Waals surface area contributed by atoms with Gasteiger partial charge in [0, 0.05) is 37.0 Å². The van der Waals surface area contributed by atoms with Gasteiger partial charge in [0.2, 0.25) is 0 Å². The number of hydrogen-bond acceptors (Lipinski definition) is 5. The molecule has 34 heavy (non-hydrogen) atoms. The number of H-pyrrole nitrogens is 1. The van der Waals surface area contributed by atoms with Gasteiger partial charge in [0.25, 0.3) is 11.8 Å². The van der Waals surface area contributed by atoms with Crippen LogP contribution in [0.5, 0.6) is 0 Å². The molecule has 5 rings (SSSR count). The molecule has 3 heterocycles. The molecule has 1 saturated heterocycles. The molecule has 0 radical (unpaired) electrons. The molecule has 0 spiro atoms.